The smallest absolute Gasteiger partial charge is 0.160 e. The molecule has 2 nitrogen and oxygen atoms in total. The lowest BCUT2D eigenvalue weighted by atomic mass is 9.67. The van der Waals surface area contributed by atoms with Gasteiger partial charge in [-0.3, -0.25) is 0 Å². The lowest BCUT2D eigenvalue weighted by Crippen LogP contribution is -2.32. The van der Waals surface area contributed by atoms with Crippen LogP contribution in [0.5, 0.6) is 0 Å². The second kappa shape index (κ2) is 9.90. The Morgan fingerprint density at radius 3 is 1.50 bits per heavy atom. The van der Waals surface area contributed by atoms with Crippen molar-refractivity contribution in [2.24, 2.45) is 0 Å². The molecule has 6 aromatic carbocycles. The van der Waals surface area contributed by atoms with E-state index < -0.39 is 5.41 Å². The van der Waals surface area contributed by atoms with Gasteiger partial charge < -0.3 is 0 Å². The van der Waals surface area contributed by atoms with E-state index in [-0.39, 0.29) is 0 Å². The van der Waals surface area contributed by atoms with Crippen molar-refractivity contribution in [3.63, 3.8) is 0 Å². The summed E-state index contributed by atoms with van der Waals surface area (Å²) in [5.41, 5.74) is 12.4. The fourth-order valence-corrected chi connectivity index (χ4v) is 8.26. The van der Waals surface area contributed by atoms with Gasteiger partial charge in [0.05, 0.1) is 16.8 Å². The summed E-state index contributed by atoms with van der Waals surface area (Å²) in [5.74, 6) is 0.728. The Morgan fingerprint density at radius 2 is 0.886 bits per heavy atom. The normalized spacial score (nSPS) is 13.5. The predicted octanol–water partition coefficient (Wildman–Crippen LogP) is 10.3. The number of benzene rings is 6. The first-order valence-corrected chi connectivity index (χ1v) is 15.7. The number of aromatic nitrogens is 2. The molecule has 9 rings (SSSR count). The van der Waals surface area contributed by atoms with Gasteiger partial charge >= 0.3 is 0 Å². The highest BCUT2D eigenvalue weighted by molar-refractivity contribution is 7.99. The molecular formula is C41H26N2S. The molecule has 0 amide bonds. The van der Waals surface area contributed by atoms with Gasteiger partial charge in [-0.2, -0.15) is 0 Å². The van der Waals surface area contributed by atoms with Crippen molar-refractivity contribution in [2.45, 2.75) is 15.2 Å². The maximum Gasteiger partial charge on any atom is 0.160 e. The molecule has 2 heterocycles. The van der Waals surface area contributed by atoms with Gasteiger partial charge in [0.1, 0.15) is 0 Å². The van der Waals surface area contributed by atoms with E-state index in [4.69, 9.17) is 9.97 Å². The largest absolute Gasteiger partial charge is 0.228 e. The molecular weight excluding hydrogens is 553 g/mol. The van der Waals surface area contributed by atoms with Crippen molar-refractivity contribution in [1.82, 2.24) is 9.97 Å². The lowest BCUT2D eigenvalue weighted by Gasteiger charge is -2.39. The SMILES string of the molecule is c1ccc(-c2cc(-c3ccccc3)nc(-c3ccc4c(c3)C3(c5ccccc5S4)c4ccccc4-c4ccccc43)n2)cc1. The predicted molar refractivity (Wildman–Crippen MR) is 180 cm³/mol. The summed E-state index contributed by atoms with van der Waals surface area (Å²) >= 11 is 1.86. The molecule has 0 radical (unpaired) electrons. The third-order valence-electron chi connectivity index (χ3n) is 8.97. The lowest BCUT2D eigenvalue weighted by molar-refractivity contribution is 0.722. The highest BCUT2D eigenvalue weighted by Gasteiger charge is 2.50. The maximum absolute atomic E-state index is 5.18. The van der Waals surface area contributed by atoms with Crippen LogP contribution in [-0.4, -0.2) is 9.97 Å². The molecule has 1 aliphatic heterocycles. The molecule has 3 heteroatoms. The maximum atomic E-state index is 5.18. The average molecular weight is 579 g/mol. The Morgan fingerprint density at radius 1 is 0.386 bits per heavy atom. The number of hydrogen-bond acceptors (Lipinski definition) is 3. The second-order valence-electron chi connectivity index (χ2n) is 11.3. The van der Waals surface area contributed by atoms with Crippen molar-refractivity contribution in [2.75, 3.05) is 0 Å². The Bertz CT molecular complexity index is 2100. The van der Waals surface area contributed by atoms with E-state index in [1.807, 2.05) is 23.9 Å². The first kappa shape index (κ1) is 25.3. The molecule has 1 spiro atoms. The molecule has 44 heavy (non-hydrogen) atoms. The zero-order chi connectivity index (χ0) is 29.1. The van der Waals surface area contributed by atoms with Crippen LogP contribution in [0.3, 0.4) is 0 Å². The molecule has 0 saturated heterocycles. The number of rotatable bonds is 3. The summed E-state index contributed by atoms with van der Waals surface area (Å²) in [6.45, 7) is 0. The summed E-state index contributed by atoms with van der Waals surface area (Å²) in [4.78, 5) is 12.9. The van der Waals surface area contributed by atoms with E-state index in [9.17, 15) is 0 Å². The van der Waals surface area contributed by atoms with Crippen LogP contribution in [0.25, 0.3) is 45.0 Å². The van der Waals surface area contributed by atoms with E-state index in [2.05, 4.69) is 146 Å². The third kappa shape index (κ3) is 3.69. The molecule has 0 N–H and O–H groups in total. The monoisotopic (exact) mass is 578 g/mol. The van der Waals surface area contributed by atoms with Gasteiger partial charge in [-0.15, -0.1) is 0 Å². The van der Waals surface area contributed by atoms with Crippen LogP contribution >= 0.6 is 11.8 Å². The van der Waals surface area contributed by atoms with Gasteiger partial charge in [-0.1, -0.05) is 145 Å². The molecule has 206 valence electrons. The van der Waals surface area contributed by atoms with Crippen LogP contribution in [-0.2, 0) is 5.41 Å². The van der Waals surface area contributed by atoms with Gasteiger partial charge in [0, 0.05) is 26.5 Å². The first-order valence-electron chi connectivity index (χ1n) is 14.9. The molecule has 0 fully saturated rings. The van der Waals surface area contributed by atoms with Gasteiger partial charge in [0.25, 0.3) is 0 Å². The van der Waals surface area contributed by atoms with Crippen molar-refractivity contribution in [3.05, 3.63) is 180 Å². The van der Waals surface area contributed by atoms with Crippen LogP contribution in [0.1, 0.15) is 22.3 Å². The second-order valence-corrected chi connectivity index (χ2v) is 12.4. The number of fused-ring (bicyclic) bond motifs is 9. The van der Waals surface area contributed by atoms with E-state index in [1.54, 1.807) is 0 Å². The molecule has 7 aromatic rings. The van der Waals surface area contributed by atoms with Crippen LogP contribution in [0.4, 0.5) is 0 Å². The summed E-state index contributed by atoms with van der Waals surface area (Å²) in [6, 6.07) is 56.5. The van der Waals surface area contributed by atoms with Gasteiger partial charge in [0.15, 0.2) is 5.82 Å². The van der Waals surface area contributed by atoms with Crippen LogP contribution in [0.15, 0.2) is 168 Å². The topological polar surface area (TPSA) is 25.8 Å². The molecule has 0 unspecified atom stereocenters. The van der Waals surface area contributed by atoms with Crippen LogP contribution in [0, 0.1) is 0 Å². The van der Waals surface area contributed by atoms with Gasteiger partial charge in [-0.25, -0.2) is 9.97 Å². The van der Waals surface area contributed by atoms with Crippen molar-refractivity contribution in [1.29, 1.82) is 0 Å². The highest BCUT2D eigenvalue weighted by atomic mass is 32.2. The molecule has 0 atom stereocenters. The Balaban J connectivity index is 1.32. The fraction of sp³-hybridized carbons (Fsp3) is 0.0244. The Kier molecular flexibility index (Phi) is 5.69. The summed E-state index contributed by atoms with van der Waals surface area (Å²) in [5, 5.41) is 0. The highest BCUT2D eigenvalue weighted by Crippen LogP contribution is 2.62. The molecule has 1 aromatic heterocycles. The van der Waals surface area contributed by atoms with Gasteiger partial charge in [0.2, 0.25) is 0 Å². The first-order chi connectivity index (χ1) is 21.8. The van der Waals surface area contributed by atoms with Crippen molar-refractivity contribution >= 4 is 11.8 Å². The fourth-order valence-electron chi connectivity index (χ4n) is 7.09. The molecule has 2 aliphatic rings. The third-order valence-corrected chi connectivity index (χ3v) is 10.1. The van der Waals surface area contributed by atoms with Crippen LogP contribution < -0.4 is 0 Å². The minimum Gasteiger partial charge on any atom is -0.228 e. The van der Waals surface area contributed by atoms with E-state index in [1.165, 1.54) is 43.2 Å². The zero-order valence-electron chi connectivity index (χ0n) is 23.8. The number of hydrogen-bond donors (Lipinski definition) is 0. The molecule has 1 aliphatic carbocycles. The summed E-state index contributed by atoms with van der Waals surface area (Å²) in [6.07, 6.45) is 0. The Hall–Kier alpha value is -5.25. The summed E-state index contributed by atoms with van der Waals surface area (Å²) < 4.78 is 0. The average Bonchev–Trinajstić information content (AvgIpc) is 3.40. The van der Waals surface area contributed by atoms with Crippen LogP contribution in [0.2, 0.25) is 0 Å². The molecule has 0 saturated carbocycles. The summed E-state index contributed by atoms with van der Waals surface area (Å²) in [7, 11) is 0. The Labute approximate surface area is 261 Å². The minimum atomic E-state index is -0.431. The van der Waals surface area contributed by atoms with Gasteiger partial charge in [-0.05, 0) is 57.6 Å². The zero-order valence-corrected chi connectivity index (χ0v) is 24.6. The molecule has 0 bridgehead atoms. The van der Waals surface area contributed by atoms with E-state index in [0.29, 0.717) is 0 Å². The minimum absolute atomic E-state index is 0.431. The quantitative estimate of drug-likeness (QED) is 0.209. The standard InChI is InChI=1S/C41H26N2S/c1-3-13-27(14-4-1)36-26-37(28-15-5-2-6-16-28)43-40(42-36)29-23-24-39-35(25-29)41(34-21-11-12-22-38(34)44-39)32-19-9-7-17-30(32)31-18-8-10-20-33(31)41/h1-26H. The van der Waals surface area contributed by atoms with E-state index in [0.717, 1.165) is 33.9 Å². The van der Waals surface area contributed by atoms with E-state index >= 15 is 0 Å². The van der Waals surface area contributed by atoms with Crippen molar-refractivity contribution in [3.8, 4) is 45.0 Å². The van der Waals surface area contributed by atoms with Crippen molar-refractivity contribution < 1.29 is 0 Å². The number of nitrogens with zero attached hydrogens (tertiary/aromatic N) is 2.